The standard InChI is InChI=1S/C20H24N2O5S/c1-14-5-10-18(12-19(14)20(23)21-13-17-4-3-11-27-17)28(24,25)22-15-6-8-16(26-2)9-7-15/h5-10,12,17,22H,3-4,11,13H2,1-2H3,(H,21,23)/t17-/m0/s1. The number of carbonyl (C=O) groups is 1. The Morgan fingerprint density at radius 3 is 2.61 bits per heavy atom. The summed E-state index contributed by atoms with van der Waals surface area (Å²) in [6.07, 6.45) is 1.93. The van der Waals surface area contributed by atoms with E-state index in [9.17, 15) is 13.2 Å². The van der Waals surface area contributed by atoms with Crippen LogP contribution in [0.4, 0.5) is 5.69 Å². The summed E-state index contributed by atoms with van der Waals surface area (Å²) in [7, 11) is -2.29. The van der Waals surface area contributed by atoms with Crippen LogP contribution in [-0.4, -0.2) is 40.7 Å². The summed E-state index contributed by atoms with van der Waals surface area (Å²) in [5.74, 6) is 0.318. The van der Waals surface area contributed by atoms with Gasteiger partial charge in [-0.05, 0) is 61.7 Å². The minimum atomic E-state index is -3.83. The van der Waals surface area contributed by atoms with E-state index in [1.54, 1.807) is 37.3 Å². The van der Waals surface area contributed by atoms with Crippen molar-refractivity contribution in [1.29, 1.82) is 0 Å². The summed E-state index contributed by atoms with van der Waals surface area (Å²) in [6, 6.07) is 11.1. The second kappa shape index (κ2) is 8.62. The van der Waals surface area contributed by atoms with Crippen molar-refractivity contribution >= 4 is 21.6 Å². The van der Waals surface area contributed by atoms with Gasteiger partial charge in [0.2, 0.25) is 0 Å². The molecule has 2 aromatic carbocycles. The third-order valence-electron chi connectivity index (χ3n) is 4.62. The number of hydrogen-bond acceptors (Lipinski definition) is 5. The molecule has 1 atom stereocenters. The molecule has 0 spiro atoms. The summed E-state index contributed by atoms with van der Waals surface area (Å²) >= 11 is 0. The van der Waals surface area contributed by atoms with Crippen LogP contribution in [0.5, 0.6) is 5.75 Å². The number of amides is 1. The Balaban J connectivity index is 1.75. The molecule has 28 heavy (non-hydrogen) atoms. The normalized spacial score (nSPS) is 16.6. The van der Waals surface area contributed by atoms with E-state index in [4.69, 9.17) is 9.47 Å². The van der Waals surface area contributed by atoms with E-state index in [0.717, 1.165) is 12.8 Å². The van der Waals surface area contributed by atoms with Gasteiger partial charge >= 0.3 is 0 Å². The first-order valence-electron chi connectivity index (χ1n) is 9.06. The molecule has 0 saturated carbocycles. The molecule has 2 N–H and O–H groups in total. The summed E-state index contributed by atoms with van der Waals surface area (Å²) in [4.78, 5) is 12.6. The van der Waals surface area contributed by atoms with Crippen LogP contribution in [0.1, 0.15) is 28.8 Å². The fourth-order valence-corrected chi connectivity index (χ4v) is 4.08. The minimum Gasteiger partial charge on any atom is -0.497 e. The van der Waals surface area contributed by atoms with Crippen molar-refractivity contribution in [3.8, 4) is 5.75 Å². The van der Waals surface area contributed by atoms with Crippen molar-refractivity contribution in [3.63, 3.8) is 0 Å². The molecule has 0 aliphatic carbocycles. The van der Waals surface area contributed by atoms with Gasteiger partial charge in [0.15, 0.2) is 0 Å². The lowest BCUT2D eigenvalue weighted by Gasteiger charge is -2.14. The van der Waals surface area contributed by atoms with E-state index in [1.807, 2.05) is 0 Å². The highest BCUT2D eigenvalue weighted by Crippen LogP contribution is 2.21. The molecule has 3 rings (SSSR count). The van der Waals surface area contributed by atoms with Crippen molar-refractivity contribution in [3.05, 3.63) is 53.6 Å². The predicted molar refractivity (Wildman–Crippen MR) is 106 cm³/mol. The fraction of sp³-hybridized carbons (Fsp3) is 0.350. The molecule has 1 saturated heterocycles. The Morgan fingerprint density at radius 1 is 1.21 bits per heavy atom. The van der Waals surface area contributed by atoms with Crippen LogP contribution in [0.25, 0.3) is 0 Å². The first-order valence-corrected chi connectivity index (χ1v) is 10.5. The van der Waals surface area contributed by atoms with Gasteiger partial charge in [-0.25, -0.2) is 8.42 Å². The van der Waals surface area contributed by atoms with Gasteiger partial charge in [0, 0.05) is 24.4 Å². The average molecular weight is 404 g/mol. The number of anilines is 1. The number of rotatable bonds is 7. The molecule has 2 aromatic rings. The maximum absolute atomic E-state index is 12.7. The minimum absolute atomic E-state index is 0.0212. The molecule has 0 aromatic heterocycles. The number of carbonyl (C=O) groups excluding carboxylic acids is 1. The first kappa shape index (κ1) is 20.2. The van der Waals surface area contributed by atoms with Gasteiger partial charge in [0.1, 0.15) is 5.75 Å². The number of nitrogens with one attached hydrogen (secondary N) is 2. The molecule has 0 unspecified atom stereocenters. The van der Waals surface area contributed by atoms with Crippen molar-refractivity contribution in [1.82, 2.24) is 5.32 Å². The molecule has 8 heteroatoms. The van der Waals surface area contributed by atoms with Crippen LogP contribution in [0, 0.1) is 6.92 Å². The molecule has 1 amide bonds. The molecular formula is C20H24N2O5S. The Morgan fingerprint density at radius 2 is 1.96 bits per heavy atom. The van der Waals surface area contributed by atoms with E-state index in [2.05, 4.69) is 10.0 Å². The van der Waals surface area contributed by atoms with Crippen LogP contribution in [0.3, 0.4) is 0 Å². The zero-order valence-electron chi connectivity index (χ0n) is 15.9. The van der Waals surface area contributed by atoms with Crippen LogP contribution in [-0.2, 0) is 14.8 Å². The second-order valence-electron chi connectivity index (χ2n) is 6.66. The quantitative estimate of drug-likeness (QED) is 0.740. The Labute approximate surface area is 165 Å². The zero-order chi connectivity index (χ0) is 20.1. The number of benzene rings is 2. The lowest BCUT2D eigenvalue weighted by Crippen LogP contribution is -2.32. The van der Waals surface area contributed by atoms with Gasteiger partial charge in [0.05, 0.1) is 18.1 Å². The monoisotopic (exact) mass is 404 g/mol. The molecule has 1 aliphatic rings. The Bertz CT molecular complexity index is 936. The number of aryl methyl sites for hydroxylation is 1. The first-order chi connectivity index (χ1) is 13.4. The van der Waals surface area contributed by atoms with Gasteiger partial charge in [-0.1, -0.05) is 6.07 Å². The molecule has 1 heterocycles. The van der Waals surface area contributed by atoms with Crippen LogP contribution < -0.4 is 14.8 Å². The number of hydrogen-bond donors (Lipinski definition) is 2. The largest absolute Gasteiger partial charge is 0.497 e. The molecule has 1 fully saturated rings. The van der Waals surface area contributed by atoms with Crippen molar-refractivity contribution < 1.29 is 22.7 Å². The van der Waals surface area contributed by atoms with E-state index < -0.39 is 10.0 Å². The van der Waals surface area contributed by atoms with E-state index in [1.165, 1.54) is 19.2 Å². The highest BCUT2D eigenvalue weighted by atomic mass is 32.2. The highest BCUT2D eigenvalue weighted by Gasteiger charge is 2.20. The zero-order valence-corrected chi connectivity index (χ0v) is 16.7. The van der Waals surface area contributed by atoms with E-state index in [0.29, 0.717) is 35.7 Å². The highest BCUT2D eigenvalue weighted by molar-refractivity contribution is 7.92. The molecule has 0 bridgehead atoms. The van der Waals surface area contributed by atoms with Gasteiger partial charge in [0.25, 0.3) is 15.9 Å². The van der Waals surface area contributed by atoms with Crippen molar-refractivity contribution in [2.75, 3.05) is 25.0 Å². The fourth-order valence-electron chi connectivity index (χ4n) is 2.99. The van der Waals surface area contributed by atoms with E-state index >= 15 is 0 Å². The Kier molecular flexibility index (Phi) is 6.21. The van der Waals surface area contributed by atoms with Gasteiger partial charge in [-0.3, -0.25) is 9.52 Å². The maximum atomic E-state index is 12.7. The van der Waals surface area contributed by atoms with Crippen molar-refractivity contribution in [2.45, 2.75) is 30.8 Å². The third-order valence-corrected chi connectivity index (χ3v) is 6.00. The summed E-state index contributed by atoms with van der Waals surface area (Å²) in [5, 5.41) is 2.83. The van der Waals surface area contributed by atoms with Gasteiger partial charge < -0.3 is 14.8 Å². The SMILES string of the molecule is COc1ccc(NS(=O)(=O)c2ccc(C)c(C(=O)NC[C@@H]3CCCO3)c2)cc1. The molecule has 7 nitrogen and oxygen atoms in total. The summed E-state index contributed by atoms with van der Waals surface area (Å²) in [5.41, 5.74) is 1.44. The predicted octanol–water partition coefficient (Wildman–Crippen LogP) is 2.71. The van der Waals surface area contributed by atoms with Gasteiger partial charge in [-0.15, -0.1) is 0 Å². The number of ether oxygens (including phenoxy) is 2. The second-order valence-corrected chi connectivity index (χ2v) is 8.34. The lowest BCUT2D eigenvalue weighted by atomic mass is 10.1. The molecule has 1 aliphatic heterocycles. The Hall–Kier alpha value is -2.58. The van der Waals surface area contributed by atoms with Crippen LogP contribution >= 0.6 is 0 Å². The molecule has 150 valence electrons. The van der Waals surface area contributed by atoms with Gasteiger partial charge in [-0.2, -0.15) is 0 Å². The van der Waals surface area contributed by atoms with Crippen LogP contribution in [0.2, 0.25) is 0 Å². The molecular weight excluding hydrogens is 380 g/mol. The third kappa shape index (κ3) is 4.82. The lowest BCUT2D eigenvalue weighted by molar-refractivity contribution is 0.0857. The summed E-state index contributed by atoms with van der Waals surface area (Å²) in [6.45, 7) is 2.90. The smallest absolute Gasteiger partial charge is 0.261 e. The maximum Gasteiger partial charge on any atom is 0.261 e. The average Bonchev–Trinajstić information content (AvgIpc) is 3.20. The van der Waals surface area contributed by atoms with E-state index in [-0.39, 0.29) is 16.9 Å². The topological polar surface area (TPSA) is 93.7 Å². The van der Waals surface area contributed by atoms with Crippen molar-refractivity contribution in [2.24, 2.45) is 0 Å². The molecule has 0 radical (unpaired) electrons. The number of methoxy groups -OCH3 is 1. The number of sulfonamides is 1. The summed E-state index contributed by atoms with van der Waals surface area (Å²) < 4.78 is 38.5. The van der Waals surface area contributed by atoms with Crippen LogP contribution in [0.15, 0.2) is 47.4 Å².